The van der Waals surface area contributed by atoms with Crippen LogP contribution in [0.3, 0.4) is 0 Å². The molecule has 4 rings (SSSR count). The van der Waals surface area contributed by atoms with Crippen molar-refractivity contribution in [2.45, 2.75) is 31.1 Å². The van der Waals surface area contributed by atoms with Gasteiger partial charge in [0.05, 0.1) is 12.9 Å². The van der Waals surface area contributed by atoms with Gasteiger partial charge in [0, 0.05) is 6.54 Å². The number of benzene rings is 1. The molecule has 0 spiro atoms. The lowest BCUT2D eigenvalue weighted by molar-refractivity contribution is -0.0511. The Kier molecular flexibility index (Phi) is 5.05. The van der Waals surface area contributed by atoms with Crippen LogP contribution in [0.25, 0.3) is 17.2 Å². The second kappa shape index (κ2) is 7.64. The maximum atomic E-state index is 10.3. The Morgan fingerprint density at radius 1 is 1.18 bits per heavy atom. The van der Waals surface area contributed by atoms with Gasteiger partial charge in [-0.05, 0) is 11.6 Å². The fraction of sp³-hybridized carbons (Fsp3) is 0.316. The number of rotatable bonds is 6. The molecule has 146 valence electrons. The third-order valence-electron chi connectivity index (χ3n) is 4.72. The van der Waals surface area contributed by atoms with Crippen LogP contribution >= 0.6 is 0 Å². The maximum Gasteiger partial charge on any atom is 0.168 e. The molecule has 1 saturated heterocycles. The number of hydrogen-bond donors (Lipinski definition) is 4. The smallest absolute Gasteiger partial charge is 0.168 e. The predicted octanol–water partition coefficient (Wildman–Crippen LogP) is 0.693. The van der Waals surface area contributed by atoms with E-state index in [4.69, 9.17) is 4.74 Å². The summed E-state index contributed by atoms with van der Waals surface area (Å²) in [5.41, 5.74) is 2.01. The molecule has 0 amide bonds. The molecule has 0 unspecified atom stereocenters. The van der Waals surface area contributed by atoms with Crippen LogP contribution in [-0.2, 0) is 11.3 Å². The average molecular weight is 383 g/mol. The Labute approximate surface area is 161 Å². The number of nitrogens with zero attached hydrogens (tertiary/aromatic N) is 4. The van der Waals surface area contributed by atoms with E-state index < -0.39 is 31.1 Å². The zero-order chi connectivity index (χ0) is 19.7. The quantitative estimate of drug-likeness (QED) is 0.490. The van der Waals surface area contributed by atoms with Crippen molar-refractivity contribution in [1.82, 2.24) is 19.5 Å². The molecule has 0 saturated carbocycles. The molecular weight excluding hydrogens is 362 g/mol. The number of anilines is 1. The highest BCUT2D eigenvalue weighted by Crippen LogP contribution is 2.32. The minimum absolute atomic E-state index is 0.386. The lowest BCUT2D eigenvalue weighted by atomic mass is 10.1. The molecule has 3 heterocycles. The summed E-state index contributed by atoms with van der Waals surface area (Å²) in [7, 11) is 0. The van der Waals surface area contributed by atoms with E-state index in [2.05, 4.69) is 26.8 Å². The average Bonchev–Trinajstić information content (AvgIpc) is 3.28. The van der Waals surface area contributed by atoms with Gasteiger partial charge in [0.25, 0.3) is 0 Å². The summed E-state index contributed by atoms with van der Waals surface area (Å²) >= 11 is 0. The largest absolute Gasteiger partial charge is 0.394 e. The second-order valence-corrected chi connectivity index (χ2v) is 6.53. The predicted molar refractivity (Wildman–Crippen MR) is 102 cm³/mol. The first kappa shape index (κ1) is 18.5. The molecule has 28 heavy (non-hydrogen) atoms. The summed E-state index contributed by atoms with van der Waals surface area (Å²) in [5, 5.41) is 32.9. The number of aliphatic hydroxyl groups is 3. The third-order valence-corrected chi connectivity index (χ3v) is 4.72. The van der Waals surface area contributed by atoms with Gasteiger partial charge in [0.15, 0.2) is 29.0 Å². The highest BCUT2D eigenvalue weighted by molar-refractivity contribution is 5.83. The van der Waals surface area contributed by atoms with Crippen molar-refractivity contribution in [3.8, 4) is 0 Å². The fourth-order valence-electron chi connectivity index (χ4n) is 3.23. The van der Waals surface area contributed by atoms with E-state index >= 15 is 0 Å². The van der Waals surface area contributed by atoms with Crippen LogP contribution in [-0.4, -0.2) is 59.8 Å². The summed E-state index contributed by atoms with van der Waals surface area (Å²) in [6.45, 7) is 3.87. The topological polar surface area (TPSA) is 126 Å². The number of imidazole rings is 1. The molecule has 1 fully saturated rings. The van der Waals surface area contributed by atoms with E-state index in [1.165, 1.54) is 17.0 Å². The van der Waals surface area contributed by atoms with Crippen LogP contribution in [0, 0.1) is 0 Å². The first-order valence-corrected chi connectivity index (χ1v) is 8.89. The summed E-state index contributed by atoms with van der Waals surface area (Å²) in [6, 6.07) is 9.86. The van der Waals surface area contributed by atoms with Crippen LogP contribution in [0.5, 0.6) is 0 Å². The molecule has 0 bridgehead atoms. The minimum atomic E-state index is -1.22. The summed E-state index contributed by atoms with van der Waals surface area (Å²) < 4.78 is 7.13. The van der Waals surface area contributed by atoms with Gasteiger partial charge in [0.1, 0.15) is 18.3 Å². The van der Waals surface area contributed by atoms with Crippen molar-refractivity contribution < 1.29 is 20.1 Å². The molecular formula is C19H21N5O4. The van der Waals surface area contributed by atoms with Crippen molar-refractivity contribution in [3.05, 3.63) is 54.6 Å². The number of aliphatic hydroxyl groups excluding tert-OH is 3. The van der Waals surface area contributed by atoms with E-state index in [1.54, 1.807) is 0 Å². The lowest BCUT2D eigenvalue weighted by Gasteiger charge is -2.17. The molecule has 1 aliphatic rings. The van der Waals surface area contributed by atoms with Gasteiger partial charge in [-0.25, -0.2) is 15.0 Å². The number of nitrogens with one attached hydrogen (secondary N) is 1. The summed E-state index contributed by atoms with van der Waals surface area (Å²) in [4.78, 5) is 13.2. The Hall–Kier alpha value is -2.85. The van der Waals surface area contributed by atoms with Crippen LogP contribution in [0.15, 0.2) is 43.2 Å². The lowest BCUT2D eigenvalue weighted by Crippen LogP contribution is -2.33. The van der Waals surface area contributed by atoms with Crippen molar-refractivity contribution in [2.75, 3.05) is 11.9 Å². The van der Waals surface area contributed by atoms with E-state index in [1.807, 2.05) is 30.3 Å². The third kappa shape index (κ3) is 3.25. The highest BCUT2D eigenvalue weighted by Gasteiger charge is 2.44. The molecule has 0 radical (unpaired) electrons. The van der Waals surface area contributed by atoms with E-state index in [0.29, 0.717) is 29.4 Å². The number of aromatic nitrogens is 4. The molecule has 1 aliphatic heterocycles. The monoisotopic (exact) mass is 383 g/mol. The molecule has 0 aliphatic carbocycles. The highest BCUT2D eigenvalue weighted by atomic mass is 16.6. The zero-order valence-corrected chi connectivity index (χ0v) is 15.0. The van der Waals surface area contributed by atoms with Crippen molar-refractivity contribution in [3.63, 3.8) is 0 Å². The van der Waals surface area contributed by atoms with Gasteiger partial charge in [-0.2, -0.15) is 0 Å². The Morgan fingerprint density at radius 3 is 2.64 bits per heavy atom. The van der Waals surface area contributed by atoms with Crippen LogP contribution < -0.4 is 5.32 Å². The zero-order valence-electron chi connectivity index (χ0n) is 15.0. The molecule has 4 atom stereocenters. The Bertz CT molecular complexity index is 977. The van der Waals surface area contributed by atoms with Crippen molar-refractivity contribution >= 4 is 23.1 Å². The van der Waals surface area contributed by atoms with E-state index in [9.17, 15) is 15.3 Å². The molecule has 9 heteroatoms. The van der Waals surface area contributed by atoms with Gasteiger partial charge in [0.2, 0.25) is 0 Å². The van der Waals surface area contributed by atoms with E-state index in [0.717, 1.165) is 5.56 Å². The van der Waals surface area contributed by atoms with Crippen molar-refractivity contribution in [2.24, 2.45) is 0 Å². The SMILES string of the molecule is C=Cc1nc(NCc2ccccc2)c2ncn([C@@H]3O[C@H](CO)[C@@H](O)[C@H]3O)c2n1. The van der Waals surface area contributed by atoms with Crippen LogP contribution in [0.1, 0.15) is 17.6 Å². The van der Waals surface area contributed by atoms with E-state index in [-0.39, 0.29) is 0 Å². The standard InChI is InChI=1S/C19H21N5O4/c1-2-13-22-17(20-8-11-6-4-3-5-7-11)14-18(23-13)24(10-21-14)19-16(27)15(26)12(9-25)28-19/h2-7,10,12,15-16,19,25-27H,1,8-9H2,(H,20,22,23)/t12-,15-,16-,19-/m1/s1. The minimum Gasteiger partial charge on any atom is -0.394 e. The first-order valence-electron chi connectivity index (χ1n) is 8.89. The summed E-state index contributed by atoms with van der Waals surface area (Å²) in [6.07, 6.45) is -1.25. The Balaban J connectivity index is 1.70. The number of hydrogen-bond acceptors (Lipinski definition) is 8. The number of ether oxygens (including phenoxy) is 1. The van der Waals surface area contributed by atoms with Gasteiger partial charge >= 0.3 is 0 Å². The van der Waals surface area contributed by atoms with Gasteiger partial charge in [-0.1, -0.05) is 36.9 Å². The van der Waals surface area contributed by atoms with Gasteiger partial charge in [-0.3, -0.25) is 4.57 Å². The maximum absolute atomic E-state index is 10.3. The molecule has 9 nitrogen and oxygen atoms in total. The molecule has 1 aromatic carbocycles. The van der Waals surface area contributed by atoms with Crippen molar-refractivity contribution in [1.29, 1.82) is 0 Å². The second-order valence-electron chi connectivity index (χ2n) is 6.53. The Morgan fingerprint density at radius 2 is 1.96 bits per heavy atom. The normalized spacial score (nSPS) is 24.5. The fourth-order valence-corrected chi connectivity index (χ4v) is 3.23. The van der Waals surface area contributed by atoms with Gasteiger partial charge < -0.3 is 25.4 Å². The van der Waals surface area contributed by atoms with Gasteiger partial charge in [-0.15, -0.1) is 0 Å². The molecule has 2 aromatic heterocycles. The molecule has 3 aromatic rings. The number of fused-ring (bicyclic) bond motifs is 1. The summed E-state index contributed by atoms with van der Waals surface area (Å²) in [5.74, 6) is 0.908. The van der Waals surface area contributed by atoms with Crippen LogP contribution in [0.2, 0.25) is 0 Å². The molecule has 4 N–H and O–H groups in total. The van der Waals surface area contributed by atoms with Crippen LogP contribution in [0.4, 0.5) is 5.82 Å². The first-order chi connectivity index (χ1) is 13.6.